The minimum Gasteiger partial charge on any atom is -0.336 e. The van der Waals surface area contributed by atoms with Crippen molar-refractivity contribution < 1.29 is 4.79 Å². The van der Waals surface area contributed by atoms with E-state index in [-0.39, 0.29) is 5.91 Å². The topological polar surface area (TPSA) is 36.4 Å². The van der Waals surface area contributed by atoms with Gasteiger partial charge in [-0.25, -0.2) is 4.98 Å². The number of thiazole rings is 1. The van der Waals surface area contributed by atoms with Crippen LogP contribution in [0.3, 0.4) is 0 Å². The Balaban J connectivity index is 1.28. The molecule has 1 aliphatic rings. The van der Waals surface area contributed by atoms with Crippen molar-refractivity contribution in [2.45, 2.75) is 31.0 Å². The van der Waals surface area contributed by atoms with Gasteiger partial charge < -0.3 is 4.90 Å². The Morgan fingerprint density at radius 1 is 1.03 bits per heavy atom. The average molecular weight is 438 g/mol. The number of carbonyl (C=O) groups excluding carboxylic acids is 1. The Labute approximate surface area is 186 Å². The lowest BCUT2D eigenvalue weighted by Gasteiger charge is -2.35. The van der Waals surface area contributed by atoms with Crippen molar-refractivity contribution in [1.29, 1.82) is 0 Å². The summed E-state index contributed by atoms with van der Waals surface area (Å²) in [6, 6.07) is 16.5. The molecule has 0 atom stereocenters. The first-order valence-corrected chi connectivity index (χ1v) is 12.1. The van der Waals surface area contributed by atoms with Gasteiger partial charge >= 0.3 is 0 Å². The second-order valence-corrected chi connectivity index (χ2v) is 9.78. The second-order valence-electron chi connectivity index (χ2n) is 7.67. The van der Waals surface area contributed by atoms with Gasteiger partial charge in [0.15, 0.2) is 0 Å². The van der Waals surface area contributed by atoms with Crippen molar-refractivity contribution in [1.82, 2.24) is 14.8 Å². The van der Waals surface area contributed by atoms with E-state index in [2.05, 4.69) is 46.5 Å². The van der Waals surface area contributed by atoms with Crippen LogP contribution in [-0.4, -0.2) is 46.9 Å². The van der Waals surface area contributed by atoms with Crippen LogP contribution < -0.4 is 0 Å². The summed E-state index contributed by atoms with van der Waals surface area (Å²) in [7, 11) is 0. The number of amides is 1. The van der Waals surface area contributed by atoms with Gasteiger partial charge in [0.25, 0.3) is 5.91 Å². The predicted octanol–water partition coefficient (Wildman–Crippen LogP) is 5.01. The van der Waals surface area contributed by atoms with Crippen LogP contribution in [0.2, 0.25) is 0 Å². The van der Waals surface area contributed by atoms with E-state index in [9.17, 15) is 4.79 Å². The first-order chi connectivity index (χ1) is 14.6. The highest BCUT2D eigenvalue weighted by molar-refractivity contribution is 7.98. The Morgan fingerprint density at radius 2 is 1.77 bits per heavy atom. The van der Waals surface area contributed by atoms with E-state index in [4.69, 9.17) is 0 Å². The number of thioether (sulfide) groups is 1. The van der Waals surface area contributed by atoms with Gasteiger partial charge in [-0.3, -0.25) is 9.69 Å². The lowest BCUT2D eigenvalue weighted by atomic mass is 10.1. The molecule has 0 bridgehead atoms. The van der Waals surface area contributed by atoms with Gasteiger partial charge in [0.1, 0.15) is 0 Å². The van der Waals surface area contributed by atoms with Crippen LogP contribution in [-0.2, 0) is 12.3 Å². The first kappa shape index (κ1) is 21.1. The van der Waals surface area contributed by atoms with Crippen LogP contribution in [0.4, 0.5) is 0 Å². The van der Waals surface area contributed by atoms with Gasteiger partial charge in [-0.05, 0) is 49.2 Å². The minimum absolute atomic E-state index is 0.136. The standard InChI is InChI=1S/C24H27N3OS2/c1-18-5-3-4-6-21(18)15-26-11-13-27(14-12-26)24(28)20-7-9-23(10-8-20)30-17-22-16-29-19(2)25-22/h3-10,16H,11-15,17H2,1-2H3. The molecule has 0 saturated carbocycles. The summed E-state index contributed by atoms with van der Waals surface area (Å²) in [5, 5.41) is 3.21. The molecule has 2 aromatic carbocycles. The highest BCUT2D eigenvalue weighted by atomic mass is 32.2. The lowest BCUT2D eigenvalue weighted by Crippen LogP contribution is -2.48. The molecule has 156 valence electrons. The zero-order chi connectivity index (χ0) is 20.9. The Bertz CT molecular complexity index is 992. The molecule has 4 rings (SSSR count). The molecular formula is C24H27N3OS2. The molecule has 30 heavy (non-hydrogen) atoms. The SMILES string of the molecule is Cc1nc(CSc2ccc(C(=O)N3CCN(Cc4ccccc4C)CC3)cc2)cs1. The number of aromatic nitrogens is 1. The maximum Gasteiger partial charge on any atom is 0.253 e. The summed E-state index contributed by atoms with van der Waals surface area (Å²) >= 11 is 3.44. The molecule has 0 unspecified atom stereocenters. The zero-order valence-electron chi connectivity index (χ0n) is 17.5. The van der Waals surface area contributed by atoms with Crippen LogP contribution in [0, 0.1) is 13.8 Å². The fourth-order valence-corrected chi connectivity index (χ4v) is 5.15. The molecular weight excluding hydrogens is 410 g/mol. The molecule has 0 radical (unpaired) electrons. The molecule has 1 aliphatic heterocycles. The monoisotopic (exact) mass is 437 g/mol. The van der Waals surface area contributed by atoms with Crippen LogP contribution in [0.15, 0.2) is 58.8 Å². The van der Waals surface area contributed by atoms with Crippen LogP contribution in [0.5, 0.6) is 0 Å². The number of rotatable bonds is 6. The molecule has 4 nitrogen and oxygen atoms in total. The summed E-state index contributed by atoms with van der Waals surface area (Å²) in [4.78, 5) is 23.0. The van der Waals surface area contributed by atoms with Crippen LogP contribution in [0.1, 0.15) is 32.2 Å². The third-order valence-electron chi connectivity index (χ3n) is 5.47. The normalized spacial score (nSPS) is 14.8. The number of hydrogen-bond acceptors (Lipinski definition) is 5. The Morgan fingerprint density at radius 3 is 2.43 bits per heavy atom. The number of aryl methyl sites for hydroxylation is 2. The molecule has 1 amide bonds. The summed E-state index contributed by atoms with van der Waals surface area (Å²) in [5.41, 5.74) is 4.60. The zero-order valence-corrected chi connectivity index (χ0v) is 19.1. The van der Waals surface area contributed by atoms with Gasteiger partial charge in [0.05, 0.1) is 10.7 Å². The molecule has 0 aliphatic carbocycles. The van der Waals surface area contributed by atoms with Gasteiger partial charge in [-0.15, -0.1) is 23.1 Å². The van der Waals surface area contributed by atoms with Gasteiger partial charge in [-0.1, -0.05) is 24.3 Å². The van der Waals surface area contributed by atoms with E-state index < -0.39 is 0 Å². The van der Waals surface area contributed by atoms with Crippen molar-refractivity contribution in [3.05, 3.63) is 81.3 Å². The fourth-order valence-electron chi connectivity index (χ4n) is 3.65. The van der Waals surface area contributed by atoms with Crippen LogP contribution >= 0.6 is 23.1 Å². The third kappa shape index (κ3) is 5.31. The Hall–Kier alpha value is -2.15. The van der Waals surface area contributed by atoms with E-state index in [1.54, 1.807) is 23.1 Å². The van der Waals surface area contributed by atoms with Gasteiger partial charge in [0.2, 0.25) is 0 Å². The molecule has 0 spiro atoms. The van der Waals surface area contributed by atoms with E-state index >= 15 is 0 Å². The summed E-state index contributed by atoms with van der Waals surface area (Å²) in [6.07, 6.45) is 0. The highest BCUT2D eigenvalue weighted by Crippen LogP contribution is 2.24. The lowest BCUT2D eigenvalue weighted by molar-refractivity contribution is 0.0628. The highest BCUT2D eigenvalue weighted by Gasteiger charge is 2.22. The fraction of sp³-hybridized carbons (Fsp3) is 0.333. The quantitative estimate of drug-likeness (QED) is 0.508. The molecule has 2 heterocycles. The van der Waals surface area contributed by atoms with Crippen molar-refractivity contribution in [2.24, 2.45) is 0 Å². The van der Waals surface area contributed by atoms with Crippen molar-refractivity contribution in [3.8, 4) is 0 Å². The molecule has 0 N–H and O–H groups in total. The van der Waals surface area contributed by atoms with Crippen molar-refractivity contribution >= 4 is 29.0 Å². The second kappa shape index (κ2) is 9.77. The summed E-state index contributed by atoms with van der Waals surface area (Å²) < 4.78 is 0. The number of carbonyl (C=O) groups is 1. The largest absolute Gasteiger partial charge is 0.336 e. The smallest absolute Gasteiger partial charge is 0.253 e. The predicted molar refractivity (Wildman–Crippen MR) is 125 cm³/mol. The number of hydrogen-bond donors (Lipinski definition) is 0. The Kier molecular flexibility index (Phi) is 6.87. The molecule has 3 aromatic rings. The van der Waals surface area contributed by atoms with E-state index in [0.29, 0.717) is 0 Å². The number of piperazine rings is 1. The summed E-state index contributed by atoms with van der Waals surface area (Å²) in [6.45, 7) is 8.55. The van der Waals surface area contributed by atoms with Crippen LogP contribution in [0.25, 0.3) is 0 Å². The molecule has 6 heteroatoms. The third-order valence-corrected chi connectivity index (χ3v) is 7.34. The minimum atomic E-state index is 0.136. The van der Waals surface area contributed by atoms with Gasteiger partial charge in [0, 0.05) is 54.3 Å². The number of nitrogens with zero attached hydrogens (tertiary/aromatic N) is 3. The average Bonchev–Trinajstić information content (AvgIpc) is 3.19. The van der Waals surface area contributed by atoms with Gasteiger partial charge in [-0.2, -0.15) is 0 Å². The molecule has 1 fully saturated rings. The van der Waals surface area contributed by atoms with E-state index in [1.807, 2.05) is 36.1 Å². The molecule has 1 aromatic heterocycles. The maximum absolute atomic E-state index is 12.9. The molecule has 1 saturated heterocycles. The maximum atomic E-state index is 12.9. The van der Waals surface area contributed by atoms with Crippen molar-refractivity contribution in [2.75, 3.05) is 26.2 Å². The van der Waals surface area contributed by atoms with Crippen molar-refractivity contribution in [3.63, 3.8) is 0 Å². The first-order valence-electron chi connectivity index (χ1n) is 10.3. The van der Waals surface area contributed by atoms with E-state index in [0.717, 1.165) is 54.7 Å². The number of benzene rings is 2. The summed E-state index contributed by atoms with van der Waals surface area (Å²) in [5.74, 6) is 0.998. The van der Waals surface area contributed by atoms with E-state index in [1.165, 1.54) is 16.0 Å².